The van der Waals surface area contributed by atoms with Gasteiger partial charge in [0, 0.05) is 10.8 Å². The molecule has 144 valence electrons. The molecule has 0 aliphatic heterocycles. The summed E-state index contributed by atoms with van der Waals surface area (Å²) in [4.78, 5) is 37.9. The lowest BCUT2D eigenvalue weighted by atomic mass is 10.1. The number of benzene rings is 1. The number of carboxylic acid groups (broad SMARTS) is 2. The second kappa shape index (κ2) is 8.09. The average molecular weight is 397 g/mol. The van der Waals surface area contributed by atoms with Crippen LogP contribution in [-0.2, 0) is 9.59 Å². The molecule has 10 heteroatoms. The lowest BCUT2D eigenvalue weighted by Crippen LogP contribution is -2.42. The van der Waals surface area contributed by atoms with E-state index in [1.54, 1.807) is 12.1 Å². The van der Waals surface area contributed by atoms with Gasteiger partial charge in [0.2, 0.25) is 0 Å². The number of amides is 1. The molecule has 0 saturated carbocycles. The van der Waals surface area contributed by atoms with Gasteiger partial charge in [0.15, 0.2) is 11.4 Å². The third kappa shape index (κ3) is 4.76. The Morgan fingerprint density at radius 1 is 1.22 bits per heavy atom. The van der Waals surface area contributed by atoms with Gasteiger partial charge in [0.25, 0.3) is 5.91 Å². The highest BCUT2D eigenvalue weighted by Gasteiger charge is 2.26. The van der Waals surface area contributed by atoms with Crippen LogP contribution in [0.1, 0.15) is 30.8 Å². The Morgan fingerprint density at radius 2 is 1.89 bits per heavy atom. The highest BCUT2D eigenvalue weighted by Crippen LogP contribution is 2.34. The molecular formula is C17H17ClN2O7. The highest BCUT2D eigenvalue weighted by atomic mass is 35.5. The minimum absolute atomic E-state index is 0.0879. The third-order valence-electron chi connectivity index (χ3n) is 3.47. The Kier molecular flexibility index (Phi) is 6.06. The molecule has 0 radical (unpaired) electrons. The normalized spacial score (nSPS) is 12.0. The van der Waals surface area contributed by atoms with Crippen molar-refractivity contribution >= 4 is 40.2 Å². The van der Waals surface area contributed by atoms with E-state index in [0.29, 0.717) is 11.1 Å². The van der Waals surface area contributed by atoms with Crippen molar-refractivity contribution < 1.29 is 34.4 Å². The molecule has 4 N–H and O–H groups in total. The molecule has 2 rings (SSSR count). The molecule has 1 heterocycles. The topological polar surface area (TPSA) is 146 Å². The van der Waals surface area contributed by atoms with Gasteiger partial charge in [-0.1, -0.05) is 11.6 Å². The van der Waals surface area contributed by atoms with Crippen molar-refractivity contribution in [3.8, 4) is 11.5 Å². The molecule has 1 aromatic heterocycles. The number of fused-ring (bicyclic) bond motifs is 1. The quantitative estimate of drug-likeness (QED) is 0.520. The SMILES string of the molecule is CC(C)Oc1ccc2c(O)c(C(=O)NC(CC(=O)O)C(=O)O)nc(Cl)c2c1. The molecule has 9 nitrogen and oxygen atoms in total. The van der Waals surface area contributed by atoms with E-state index < -0.39 is 41.8 Å². The number of rotatable bonds is 7. The fourth-order valence-corrected chi connectivity index (χ4v) is 2.59. The zero-order valence-corrected chi connectivity index (χ0v) is 15.1. The van der Waals surface area contributed by atoms with E-state index in [4.69, 9.17) is 26.6 Å². The van der Waals surface area contributed by atoms with Crippen LogP contribution in [0.4, 0.5) is 0 Å². The predicted octanol–water partition coefficient (Wildman–Crippen LogP) is 2.04. The fourth-order valence-electron chi connectivity index (χ4n) is 2.34. The smallest absolute Gasteiger partial charge is 0.326 e. The maximum Gasteiger partial charge on any atom is 0.326 e. The number of hydrogen-bond donors (Lipinski definition) is 4. The van der Waals surface area contributed by atoms with Crippen molar-refractivity contribution in [1.82, 2.24) is 10.3 Å². The Balaban J connectivity index is 2.41. The van der Waals surface area contributed by atoms with E-state index in [9.17, 15) is 19.5 Å². The van der Waals surface area contributed by atoms with Gasteiger partial charge in [0.05, 0.1) is 12.5 Å². The first kappa shape index (κ1) is 20.2. The summed E-state index contributed by atoms with van der Waals surface area (Å²) in [6, 6.07) is 2.92. The number of carbonyl (C=O) groups excluding carboxylic acids is 1. The van der Waals surface area contributed by atoms with E-state index in [1.165, 1.54) is 6.07 Å². The first-order valence-electron chi connectivity index (χ1n) is 7.84. The van der Waals surface area contributed by atoms with Gasteiger partial charge in [-0.2, -0.15) is 0 Å². The summed E-state index contributed by atoms with van der Waals surface area (Å²) < 4.78 is 5.54. The number of nitrogens with zero attached hydrogens (tertiary/aromatic N) is 1. The van der Waals surface area contributed by atoms with Crippen LogP contribution in [0.25, 0.3) is 10.8 Å². The maximum absolute atomic E-state index is 12.3. The van der Waals surface area contributed by atoms with Crippen molar-refractivity contribution in [1.29, 1.82) is 0 Å². The van der Waals surface area contributed by atoms with Crippen molar-refractivity contribution in [2.24, 2.45) is 0 Å². The number of nitrogens with one attached hydrogen (secondary N) is 1. The van der Waals surface area contributed by atoms with Crippen LogP contribution in [0, 0.1) is 0 Å². The molecule has 1 atom stereocenters. The van der Waals surface area contributed by atoms with Crippen molar-refractivity contribution in [3.05, 3.63) is 29.0 Å². The van der Waals surface area contributed by atoms with Gasteiger partial charge >= 0.3 is 11.9 Å². The van der Waals surface area contributed by atoms with E-state index in [0.717, 1.165) is 0 Å². The van der Waals surface area contributed by atoms with Crippen LogP contribution in [0.3, 0.4) is 0 Å². The molecule has 27 heavy (non-hydrogen) atoms. The number of hydrogen-bond acceptors (Lipinski definition) is 6. The van der Waals surface area contributed by atoms with Gasteiger partial charge in [-0.05, 0) is 32.0 Å². The van der Waals surface area contributed by atoms with Crippen molar-refractivity contribution in [2.75, 3.05) is 0 Å². The zero-order valence-electron chi connectivity index (χ0n) is 14.4. The summed E-state index contributed by atoms with van der Waals surface area (Å²) in [6.45, 7) is 3.68. The first-order chi connectivity index (χ1) is 12.6. The molecule has 1 aromatic carbocycles. The molecule has 0 saturated heterocycles. The summed E-state index contributed by atoms with van der Waals surface area (Å²) in [7, 11) is 0. The second-order valence-electron chi connectivity index (χ2n) is 5.94. The van der Waals surface area contributed by atoms with Crippen molar-refractivity contribution in [2.45, 2.75) is 32.4 Å². The molecule has 1 unspecified atom stereocenters. The predicted molar refractivity (Wildman–Crippen MR) is 95.3 cm³/mol. The first-order valence-corrected chi connectivity index (χ1v) is 8.22. The lowest BCUT2D eigenvalue weighted by Gasteiger charge is -2.15. The van der Waals surface area contributed by atoms with Crippen molar-refractivity contribution in [3.63, 3.8) is 0 Å². The average Bonchev–Trinajstić information content (AvgIpc) is 2.56. The number of ether oxygens (including phenoxy) is 1. The summed E-state index contributed by atoms with van der Waals surface area (Å²) in [5, 5.41) is 30.6. The largest absolute Gasteiger partial charge is 0.505 e. The third-order valence-corrected chi connectivity index (χ3v) is 3.76. The second-order valence-corrected chi connectivity index (χ2v) is 6.29. The van der Waals surface area contributed by atoms with Gasteiger partial charge in [-0.3, -0.25) is 9.59 Å². The van der Waals surface area contributed by atoms with Crippen LogP contribution in [0.5, 0.6) is 11.5 Å². The monoisotopic (exact) mass is 396 g/mol. The zero-order chi connectivity index (χ0) is 20.3. The number of aromatic hydroxyl groups is 1. The Hall–Kier alpha value is -3.07. The minimum atomic E-state index is -1.69. The van der Waals surface area contributed by atoms with Gasteiger partial charge in [-0.15, -0.1) is 0 Å². The Labute approximate surface area is 158 Å². The Bertz CT molecular complexity index is 914. The number of carboxylic acids is 2. The number of aromatic nitrogens is 1. The molecule has 0 spiro atoms. The summed E-state index contributed by atoms with van der Waals surface area (Å²) in [6.07, 6.45) is -0.922. The minimum Gasteiger partial charge on any atom is -0.505 e. The highest BCUT2D eigenvalue weighted by molar-refractivity contribution is 6.35. The molecule has 0 fully saturated rings. The molecule has 0 aliphatic carbocycles. The maximum atomic E-state index is 12.3. The summed E-state index contributed by atoms with van der Waals surface area (Å²) >= 11 is 6.10. The Morgan fingerprint density at radius 3 is 2.44 bits per heavy atom. The number of carbonyl (C=O) groups is 3. The van der Waals surface area contributed by atoms with Gasteiger partial charge < -0.3 is 25.4 Å². The number of aliphatic carboxylic acids is 2. The fraction of sp³-hybridized carbons (Fsp3) is 0.294. The summed E-state index contributed by atoms with van der Waals surface area (Å²) in [5.74, 6) is -4.03. The summed E-state index contributed by atoms with van der Waals surface area (Å²) in [5.41, 5.74) is -0.512. The van der Waals surface area contributed by atoms with Gasteiger partial charge in [-0.25, -0.2) is 9.78 Å². The van der Waals surface area contributed by atoms with E-state index in [2.05, 4.69) is 4.98 Å². The number of pyridine rings is 1. The van der Waals surface area contributed by atoms with Gasteiger partial charge in [0.1, 0.15) is 16.9 Å². The molecule has 0 aliphatic rings. The van der Waals surface area contributed by atoms with Crippen LogP contribution in [0.2, 0.25) is 5.15 Å². The molecular weight excluding hydrogens is 380 g/mol. The van der Waals surface area contributed by atoms with E-state index >= 15 is 0 Å². The molecule has 2 aromatic rings. The standard InChI is InChI=1S/C17H17ClN2O7/c1-7(2)27-8-3-4-9-10(5-8)15(18)20-13(14(9)23)16(24)19-11(17(25)26)6-12(21)22/h3-5,7,11,23H,6H2,1-2H3,(H,19,24)(H,21,22)(H,25,26). The van der Waals surface area contributed by atoms with E-state index in [-0.39, 0.29) is 16.6 Å². The van der Waals surface area contributed by atoms with E-state index in [1.807, 2.05) is 19.2 Å². The molecule has 0 bridgehead atoms. The van der Waals surface area contributed by atoms with Crippen LogP contribution >= 0.6 is 11.6 Å². The lowest BCUT2D eigenvalue weighted by molar-refractivity contribution is -0.145. The van der Waals surface area contributed by atoms with Crippen LogP contribution in [0.15, 0.2) is 18.2 Å². The molecule has 1 amide bonds. The number of halogens is 1. The van der Waals surface area contributed by atoms with Crippen LogP contribution < -0.4 is 10.1 Å². The van der Waals surface area contributed by atoms with Crippen LogP contribution in [-0.4, -0.2) is 50.3 Å².